The summed E-state index contributed by atoms with van der Waals surface area (Å²) < 4.78 is 12.6. The molecule has 0 atom stereocenters. The van der Waals surface area contributed by atoms with Crippen LogP contribution in [0, 0.1) is 6.92 Å². The molecule has 1 N–H and O–H groups in total. The number of hydrogen-bond donors (Lipinski definition) is 1. The van der Waals surface area contributed by atoms with E-state index in [9.17, 15) is 9.59 Å². The van der Waals surface area contributed by atoms with Crippen LogP contribution in [0.2, 0.25) is 10.0 Å². The van der Waals surface area contributed by atoms with Gasteiger partial charge in [0.2, 0.25) is 5.91 Å². The van der Waals surface area contributed by atoms with Gasteiger partial charge in [0.25, 0.3) is 0 Å². The van der Waals surface area contributed by atoms with E-state index in [2.05, 4.69) is 22.1 Å². The lowest BCUT2D eigenvalue weighted by Gasteiger charge is -2.10. The molecular weight excluding hydrogens is 579 g/mol. The fraction of sp³-hybridized carbons (Fsp3) is 0.185. The maximum Gasteiger partial charge on any atom is 0.341 e. The molecule has 0 saturated heterocycles. The third kappa shape index (κ3) is 7.02. The molecule has 202 valence electrons. The number of aryl methyl sites for hydroxylation is 1. The van der Waals surface area contributed by atoms with Crippen molar-refractivity contribution < 1.29 is 19.1 Å². The van der Waals surface area contributed by atoms with Gasteiger partial charge in [-0.05, 0) is 30.7 Å². The van der Waals surface area contributed by atoms with Crippen molar-refractivity contribution in [1.82, 2.24) is 14.8 Å². The van der Waals surface area contributed by atoms with Crippen LogP contribution in [-0.2, 0) is 22.7 Å². The number of methoxy groups -OCH3 is 1. The lowest BCUT2D eigenvalue weighted by atomic mass is 10.0. The minimum absolute atomic E-state index is 0.0392. The van der Waals surface area contributed by atoms with Crippen LogP contribution < -0.4 is 10.1 Å². The second-order valence-electron chi connectivity index (χ2n) is 8.21. The molecule has 0 fully saturated rings. The van der Waals surface area contributed by atoms with Gasteiger partial charge in [-0.25, -0.2) is 4.79 Å². The number of thiophene rings is 1. The van der Waals surface area contributed by atoms with Gasteiger partial charge in [0.15, 0.2) is 11.0 Å². The van der Waals surface area contributed by atoms with Crippen molar-refractivity contribution in [3.8, 4) is 16.9 Å². The summed E-state index contributed by atoms with van der Waals surface area (Å²) in [4.78, 5) is 25.5. The number of amides is 1. The second-order valence-corrected chi connectivity index (χ2v) is 10.9. The average molecular weight is 604 g/mol. The summed E-state index contributed by atoms with van der Waals surface area (Å²) in [5, 5.41) is 14.9. The number of halogens is 2. The molecule has 0 radical (unpaired) electrons. The number of carbonyl (C=O) groups is 2. The average Bonchev–Trinajstić information content (AvgIpc) is 3.51. The van der Waals surface area contributed by atoms with Crippen LogP contribution in [0.25, 0.3) is 11.1 Å². The molecule has 39 heavy (non-hydrogen) atoms. The van der Waals surface area contributed by atoms with Crippen molar-refractivity contribution in [3.63, 3.8) is 0 Å². The molecule has 0 saturated carbocycles. The Hall–Kier alpha value is -3.31. The first-order chi connectivity index (χ1) is 18.8. The van der Waals surface area contributed by atoms with Crippen LogP contribution in [0.1, 0.15) is 21.7 Å². The zero-order valence-corrected chi connectivity index (χ0v) is 24.2. The number of anilines is 1. The van der Waals surface area contributed by atoms with Crippen molar-refractivity contribution >= 4 is 63.2 Å². The Balaban J connectivity index is 1.45. The highest BCUT2D eigenvalue weighted by Crippen LogP contribution is 2.36. The van der Waals surface area contributed by atoms with Crippen molar-refractivity contribution in [2.75, 3.05) is 18.2 Å². The summed E-state index contributed by atoms with van der Waals surface area (Å²) in [6.07, 6.45) is 1.70. The molecular formula is C27H24Cl2N4O4S2. The third-order valence-corrected chi connectivity index (χ3v) is 7.88. The largest absolute Gasteiger partial charge is 0.484 e. The highest BCUT2D eigenvalue weighted by atomic mass is 35.5. The number of nitrogens with zero attached hydrogens (tertiary/aromatic N) is 3. The fourth-order valence-corrected chi connectivity index (χ4v) is 5.78. The molecule has 8 nitrogen and oxygen atoms in total. The number of aromatic nitrogens is 3. The maximum atomic E-state index is 12.9. The molecule has 0 spiro atoms. The summed E-state index contributed by atoms with van der Waals surface area (Å²) in [7, 11) is 1.31. The van der Waals surface area contributed by atoms with Gasteiger partial charge < -0.3 is 14.8 Å². The minimum Gasteiger partial charge on any atom is -0.484 e. The molecule has 2 aromatic carbocycles. The Bertz CT molecular complexity index is 1500. The number of hydrogen-bond acceptors (Lipinski definition) is 8. The quantitative estimate of drug-likeness (QED) is 0.113. The van der Waals surface area contributed by atoms with Crippen LogP contribution in [0.5, 0.6) is 5.75 Å². The smallest absolute Gasteiger partial charge is 0.341 e. The summed E-state index contributed by atoms with van der Waals surface area (Å²) in [6, 6.07) is 12.7. The highest BCUT2D eigenvalue weighted by molar-refractivity contribution is 7.99. The first kappa shape index (κ1) is 28.7. The van der Waals surface area contributed by atoms with Crippen LogP contribution in [0.15, 0.2) is 65.7 Å². The van der Waals surface area contributed by atoms with Gasteiger partial charge in [-0.2, -0.15) is 0 Å². The SMILES string of the molecule is C=CCn1c(COc2ccc(Cl)cc2Cl)nnc1SCC(=O)Nc1scc(-c2ccc(C)cc2)c1C(=O)OC. The predicted molar refractivity (Wildman–Crippen MR) is 156 cm³/mol. The van der Waals surface area contributed by atoms with Gasteiger partial charge in [-0.1, -0.05) is 70.9 Å². The number of thioether (sulfide) groups is 1. The molecule has 12 heteroatoms. The minimum atomic E-state index is -0.522. The second kappa shape index (κ2) is 13.2. The lowest BCUT2D eigenvalue weighted by molar-refractivity contribution is -0.113. The third-order valence-electron chi connectivity index (χ3n) is 5.48. The van der Waals surface area contributed by atoms with Gasteiger partial charge >= 0.3 is 5.97 Å². The van der Waals surface area contributed by atoms with Crippen LogP contribution >= 0.6 is 46.3 Å². The Morgan fingerprint density at radius 3 is 2.64 bits per heavy atom. The number of rotatable bonds is 11. The van der Waals surface area contributed by atoms with Gasteiger partial charge in [0.05, 0.1) is 17.9 Å². The Kier molecular flexibility index (Phi) is 9.68. The van der Waals surface area contributed by atoms with E-state index in [-0.39, 0.29) is 18.3 Å². The van der Waals surface area contributed by atoms with E-state index in [1.54, 1.807) is 28.8 Å². The Labute approximate surface area is 243 Å². The lowest BCUT2D eigenvalue weighted by Crippen LogP contribution is -2.16. The number of ether oxygens (including phenoxy) is 2. The van der Waals surface area contributed by atoms with Gasteiger partial charge in [0, 0.05) is 22.5 Å². The van der Waals surface area contributed by atoms with Crippen LogP contribution in [-0.4, -0.2) is 39.5 Å². The van der Waals surface area contributed by atoms with Gasteiger partial charge in [0.1, 0.15) is 22.9 Å². The van der Waals surface area contributed by atoms with Gasteiger partial charge in [-0.15, -0.1) is 28.1 Å². The highest BCUT2D eigenvalue weighted by Gasteiger charge is 2.23. The Morgan fingerprint density at radius 1 is 1.18 bits per heavy atom. The van der Waals surface area contributed by atoms with Crippen molar-refractivity contribution in [1.29, 1.82) is 0 Å². The van der Waals surface area contributed by atoms with E-state index in [1.807, 2.05) is 36.6 Å². The first-order valence-corrected chi connectivity index (χ1v) is 14.2. The molecule has 0 aliphatic heterocycles. The molecule has 4 aromatic rings. The monoisotopic (exact) mass is 602 g/mol. The summed E-state index contributed by atoms with van der Waals surface area (Å²) in [6.45, 7) is 6.31. The number of carbonyl (C=O) groups excluding carboxylic acids is 2. The molecule has 0 aliphatic rings. The molecule has 0 aliphatic carbocycles. The standard InChI is InChI=1S/C27H24Cl2N4O4S2/c1-4-11-33-22(13-37-21-10-9-18(28)12-20(21)29)31-32-27(33)39-15-23(34)30-25-24(26(35)36-3)19(14-38-25)17-7-5-16(2)6-8-17/h4-10,12,14H,1,11,13,15H2,2-3H3,(H,30,34). The summed E-state index contributed by atoms with van der Waals surface area (Å²) >= 11 is 14.6. The molecule has 4 rings (SSSR count). The van der Waals surface area contributed by atoms with Crippen molar-refractivity contribution in [2.45, 2.75) is 25.2 Å². The first-order valence-electron chi connectivity index (χ1n) is 11.6. The Morgan fingerprint density at radius 2 is 1.95 bits per heavy atom. The predicted octanol–water partition coefficient (Wildman–Crippen LogP) is 6.90. The van der Waals surface area contributed by atoms with Crippen LogP contribution in [0.4, 0.5) is 5.00 Å². The van der Waals surface area contributed by atoms with E-state index in [0.29, 0.717) is 49.4 Å². The molecule has 0 bridgehead atoms. The van der Waals surface area contributed by atoms with Crippen molar-refractivity contribution in [2.24, 2.45) is 0 Å². The number of allylic oxidation sites excluding steroid dienone is 1. The number of benzene rings is 2. The summed E-state index contributed by atoms with van der Waals surface area (Å²) in [5.74, 6) is 0.215. The van der Waals surface area contributed by atoms with E-state index >= 15 is 0 Å². The molecule has 2 aromatic heterocycles. The van der Waals surface area contributed by atoms with Crippen molar-refractivity contribution in [3.05, 3.63) is 87.5 Å². The van der Waals surface area contributed by atoms with Gasteiger partial charge in [-0.3, -0.25) is 9.36 Å². The normalized spacial score (nSPS) is 10.8. The zero-order chi connectivity index (χ0) is 27.9. The van der Waals surface area contributed by atoms with E-state index in [0.717, 1.165) is 11.1 Å². The number of esters is 1. The molecule has 0 unspecified atom stereocenters. The molecule has 1 amide bonds. The molecule has 2 heterocycles. The van der Waals surface area contributed by atoms with Crippen LogP contribution in [0.3, 0.4) is 0 Å². The summed E-state index contributed by atoms with van der Waals surface area (Å²) in [5.41, 5.74) is 2.98. The topological polar surface area (TPSA) is 95.3 Å². The van der Waals surface area contributed by atoms with E-state index in [1.165, 1.54) is 30.2 Å². The fourth-order valence-electron chi connectivity index (χ4n) is 3.57. The van der Waals surface area contributed by atoms with E-state index in [4.69, 9.17) is 32.7 Å². The van der Waals surface area contributed by atoms with E-state index < -0.39 is 5.97 Å². The maximum absolute atomic E-state index is 12.9. The zero-order valence-electron chi connectivity index (χ0n) is 21.1. The number of nitrogens with one attached hydrogen (secondary N) is 1.